The van der Waals surface area contributed by atoms with E-state index in [4.69, 9.17) is 22.3 Å². The van der Waals surface area contributed by atoms with Crippen LogP contribution in [0.25, 0.3) is 42.6 Å². The third kappa shape index (κ3) is 4.08. The number of imidazole rings is 2. The fourth-order valence-electron chi connectivity index (χ4n) is 3.18. The first-order chi connectivity index (χ1) is 14.0. The van der Waals surface area contributed by atoms with E-state index in [1.54, 1.807) is 12.1 Å². The van der Waals surface area contributed by atoms with Crippen molar-refractivity contribution >= 4 is 73.1 Å². The summed E-state index contributed by atoms with van der Waals surface area (Å²) in [6, 6.07) is 15.2. The number of nitrogens with two attached hydrogens (primary N) is 2. The van der Waals surface area contributed by atoms with Crippen molar-refractivity contribution < 1.29 is 0 Å². The van der Waals surface area contributed by atoms with Gasteiger partial charge in [-0.3, -0.25) is 0 Å². The standard InChI is InChI=1S/C20H16N8Se.2ClH/c21-17(22)9-1-3-11-13(7-9)27-19(25-11)15-5-6-16(29-15)20-26-12-4-2-10(18(23)24)8-14(12)28-20;;/h1-8H,(H3,21,22)(H3,23,24)(H,25,27)(H,26,28);2*1H. The molecule has 8 nitrogen and oxygen atoms in total. The SMILES string of the molecule is Cl.Cl.N=C(N)c1ccc2nc(-c3ccc(-c4nc5ccc(C(=N)N)cc5[nH]4)[se]3)[nH]c2c1. The number of fused-ring (bicyclic) bond motifs is 2. The van der Waals surface area contributed by atoms with Crippen molar-refractivity contribution in [1.82, 2.24) is 19.9 Å². The Morgan fingerprint density at radius 2 is 1.13 bits per heavy atom. The molecule has 3 heterocycles. The van der Waals surface area contributed by atoms with Gasteiger partial charge in [-0.1, -0.05) is 0 Å². The van der Waals surface area contributed by atoms with E-state index in [0.717, 1.165) is 42.6 Å². The number of benzene rings is 2. The van der Waals surface area contributed by atoms with E-state index < -0.39 is 0 Å². The summed E-state index contributed by atoms with van der Waals surface area (Å²) in [5.74, 6) is 1.71. The van der Waals surface area contributed by atoms with Gasteiger partial charge >= 0.3 is 171 Å². The van der Waals surface area contributed by atoms with Crippen LogP contribution >= 0.6 is 24.8 Å². The summed E-state index contributed by atoms with van der Waals surface area (Å²) in [5, 5.41) is 15.2. The number of hydrogen-bond acceptors (Lipinski definition) is 4. The van der Waals surface area contributed by atoms with Crippen LogP contribution in [0.5, 0.6) is 0 Å². The van der Waals surface area contributed by atoms with Gasteiger partial charge in [0.25, 0.3) is 0 Å². The van der Waals surface area contributed by atoms with Crippen molar-refractivity contribution in [2.75, 3.05) is 0 Å². The van der Waals surface area contributed by atoms with E-state index in [9.17, 15) is 0 Å². The number of aromatic nitrogens is 4. The number of nitrogens with zero attached hydrogens (tertiary/aromatic N) is 2. The molecule has 158 valence electrons. The molecule has 2 aromatic carbocycles. The van der Waals surface area contributed by atoms with Gasteiger partial charge in [0, 0.05) is 0 Å². The molecule has 3 aromatic heterocycles. The summed E-state index contributed by atoms with van der Waals surface area (Å²) in [4.78, 5) is 16.0. The molecule has 0 aliphatic rings. The Morgan fingerprint density at radius 3 is 1.52 bits per heavy atom. The van der Waals surface area contributed by atoms with Gasteiger partial charge in [-0.2, -0.15) is 0 Å². The van der Waals surface area contributed by atoms with Crippen molar-refractivity contribution in [1.29, 1.82) is 10.8 Å². The molecule has 0 atom stereocenters. The Balaban J connectivity index is 0.00000136. The van der Waals surface area contributed by atoms with Gasteiger partial charge in [-0.05, 0) is 0 Å². The molecule has 5 aromatic rings. The number of H-pyrrole nitrogens is 2. The molecule has 5 rings (SSSR count). The third-order valence-electron chi connectivity index (χ3n) is 4.66. The van der Waals surface area contributed by atoms with E-state index >= 15 is 0 Å². The molecular weight excluding hydrogens is 502 g/mol. The average molecular weight is 520 g/mol. The first-order valence-corrected chi connectivity index (χ1v) is 10.5. The average Bonchev–Trinajstić information content (AvgIpc) is 3.42. The normalized spacial score (nSPS) is 10.6. The minimum atomic E-state index is 0. The Morgan fingerprint density at radius 1 is 0.710 bits per heavy atom. The van der Waals surface area contributed by atoms with Crippen molar-refractivity contribution in [3.63, 3.8) is 0 Å². The molecule has 0 saturated heterocycles. The van der Waals surface area contributed by atoms with Crippen LogP contribution in [-0.2, 0) is 0 Å². The first kappa shape index (κ1) is 22.6. The number of aromatic amines is 2. The predicted molar refractivity (Wildman–Crippen MR) is 130 cm³/mol. The van der Waals surface area contributed by atoms with Crippen LogP contribution in [0, 0.1) is 10.8 Å². The molecule has 0 radical (unpaired) electrons. The predicted octanol–water partition coefficient (Wildman–Crippen LogP) is 3.24. The monoisotopic (exact) mass is 520 g/mol. The fourth-order valence-corrected chi connectivity index (χ4v) is 5.06. The number of hydrogen-bond donors (Lipinski definition) is 6. The fraction of sp³-hybridized carbons (Fsp3) is 0. The Kier molecular flexibility index (Phi) is 6.24. The Bertz CT molecular complexity index is 1330. The van der Waals surface area contributed by atoms with Crippen molar-refractivity contribution in [2.24, 2.45) is 11.5 Å². The second-order valence-corrected chi connectivity index (χ2v) is 8.90. The number of nitrogen functional groups attached to an aromatic ring is 2. The van der Waals surface area contributed by atoms with Gasteiger partial charge in [-0.15, -0.1) is 24.8 Å². The van der Waals surface area contributed by atoms with Crippen molar-refractivity contribution in [2.45, 2.75) is 0 Å². The second kappa shape index (κ2) is 8.56. The third-order valence-corrected chi connectivity index (χ3v) is 6.96. The van der Waals surface area contributed by atoms with Gasteiger partial charge in [0.2, 0.25) is 0 Å². The van der Waals surface area contributed by atoms with Gasteiger partial charge in [-0.25, -0.2) is 0 Å². The molecule has 0 aliphatic carbocycles. The minimum absolute atomic E-state index is 0. The van der Waals surface area contributed by atoms with E-state index in [0.29, 0.717) is 11.1 Å². The van der Waals surface area contributed by atoms with Gasteiger partial charge in [0.1, 0.15) is 0 Å². The molecular formula is C20H18Cl2N8Se. The van der Waals surface area contributed by atoms with Crippen LogP contribution < -0.4 is 11.5 Å². The van der Waals surface area contributed by atoms with Crippen LogP contribution in [0.2, 0.25) is 0 Å². The van der Waals surface area contributed by atoms with Crippen LogP contribution in [0.15, 0.2) is 48.5 Å². The van der Waals surface area contributed by atoms with E-state index in [-0.39, 0.29) is 51.0 Å². The summed E-state index contributed by atoms with van der Waals surface area (Å²) in [7, 11) is 0. The van der Waals surface area contributed by atoms with Gasteiger partial charge in [0.05, 0.1) is 0 Å². The van der Waals surface area contributed by atoms with E-state index in [1.165, 1.54) is 0 Å². The molecule has 11 heteroatoms. The summed E-state index contributed by atoms with van der Waals surface area (Å²) >= 11 is 0.0363. The molecule has 0 spiro atoms. The molecule has 8 N–H and O–H groups in total. The van der Waals surface area contributed by atoms with Crippen LogP contribution in [0.1, 0.15) is 11.1 Å². The zero-order valence-corrected chi connectivity index (χ0v) is 19.2. The Labute approximate surface area is 195 Å². The number of amidine groups is 2. The summed E-state index contributed by atoms with van der Waals surface area (Å²) in [6.45, 7) is 0. The number of nitrogens with one attached hydrogen (secondary N) is 4. The molecule has 0 aliphatic heterocycles. The zero-order valence-electron chi connectivity index (χ0n) is 15.9. The maximum absolute atomic E-state index is 7.59. The summed E-state index contributed by atoms with van der Waals surface area (Å²) < 4.78 is 2.25. The van der Waals surface area contributed by atoms with Crippen molar-refractivity contribution in [3.05, 3.63) is 59.7 Å². The molecule has 0 saturated carbocycles. The molecule has 0 unspecified atom stereocenters. The second-order valence-electron chi connectivity index (χ2n) is 6.63. The molecule has 0 amide bonds. The summed E-state index contributed by atoms with van der Waals surface area (Å²) in [5.41, 5.74) is 15.9. The van der Waals surface area contributed by atoms with Crippen LogP contribution in [0.3, 0.4) is 0 Å². The number of halogens is 2. The molecule has 0 fully saturated rings. The van der Waals surface area contributed by atoms with Crippen LogP contribution in [0.4, 0.5) is 0 Å². The topological polar surface area (TPSA) is 157 Å². The first-order valence-electron chi connectivity index (χ1n) is 8.77. The van der Waals surface area contributed by atoms with Gasteiger partial charge in [0.15, 0.2) is 0 Å². The van der Waals surface area contributed by atoms with E-state index in [2.05, 4.69) is 32.1 Å². The molecule has 31 heavy (non-hydrogen) atoms. The van der Waals surface area contributed by atoms with Crippen LogP contribution in [-0.4, -0.2) is 46.1 Å². The maximum atomic E-state index is 7.59. The zero-order chi connectivity index (χ0) is 20.1. The summed E-state index contributed by atoms with van der Waals surface area (Å²) in [6.07, 6.45) is 0. The number of rotatable bonds is 4. The van der Waals surface area contributed by atoms with E-state index in [1.807, 2.05) is 24.3 Å². The van der Waals surface area contributed by atoms with Crippen molar-refractivity contribution in [3.8, 4) is 20.5 Å². The van der Waals surface area contributed by atoms with Gasteiger partial charge < -0.3 is 0 Å². The Hall–Kier alpha value is -3.10. The molecule has 0 bridgehead atoms. The quantitative estimate of drug-likeness (QED) is 0.122.